The van der Waals surface area contributed by atoms with Crippen molar-refractivity contribution in [2.24, 2.45) is 5.92 Å². The predicted octanol–water partition coefficient (Wildman–Crippen LogP) is 1.18. The van der Waals surface area contributed by atoms with Crippen LogP contribution in [-0.4, -0.2) is 16.9 Å². The van der Waals surface area contributed by atoms with Crippen molar-refractivity contribution in [2.75, 3.05) is 5.73 Å². The molecule has 15 heavy (non-hydrogen) atoms. The smallest absolute Gasteiger partial charge is 0.318 e. The Kier molecular flexibility index (Phi) is 2.04. The Morgan fingerprint density at radius 3 is 2.80 bits per heavy atom. The summed E-state index contributed by atoms with van der Waals surface area (Å²) < 4.78 is 0. The molecule has 0 fully saturated rings. The van der Waals surface area contributed by atoms with E-state index >= 15 is 0 Å². The van der Waals surface area contributed by atoms with Gasteiger partial charge < -0.3 is 10.8 Å². The lowest BCUT2D eigenvalue weighted by Crippen LogP contribution is -2.24. The number of rotatable bonds is 1. The molecule has 1 aromatic rings. The maximum atomic E-state index is 11.7. The molecule has 0 saturated carbocycles. The van der Waals surface area contributed by atoms with E-state index in [0.29, 0.717) is 16.8 Å². The maximum absolute atomic E-state index is 11.7. The van der Waals surface area contributed by atoms with Gasteiger partial charge in [0.05, 0.1) is 0 Å². The predicted molar refractivity (Wildman–Crippen MR) is 55.3 cm³/mol. The number of benzene rings is 1. The fourth-order valence-corrected chi connectivity index (χ4v) is 1.58. The zero-order valence-electron chi connectivity index (χ0n) is 7.81. The summed E-state index contributed by atoms with van der Waals surface area (Å²) in [6, 6.07) is 4.89. The summed E-state index contributed by atoms with van der Waals surface area (Å²) in [5.74, 6) is -2.63. The Labute approximate surface area is 86.0 Å². The molecule has 3 N–H and O–H groups in total. The molecule has 4 heteroatoms. The van der Waals surface area contributed by atoms with Crippen molar-refractivity contribution in [1.29, 1.82) is 0 Å². The molecular formula is C11H9NO3. The van der Waals surface area contributed by atoms with Gasteiger partial charge in [-0.3, -0.25) is 9.59 Å². The number of Topliss-reactive ketones (excluding diaryl/α,β-unsaturated/α-hetero) is 1. The third-order valence-electron chi connectivity index (χ3n) is 2.36. The average Bonchev–Trinajstić information content (AvgIpc) is 2.19. The molecule has 0 bridgehead atoms. The highest BCUT2D eigenvalue weighted by molar-refractivity contribution is 6.13. The highest BCUT2D eigenvalue weighted by Crippen LogP contribution is 2.24. The fraction of sp³-hybridized carbons (Fsp3) is 0.0909. The van der Waals surface area contributed by atoms with Crippen LogP contribution in [0.25, 0.3) is 6.08 Å². The van der Waals surface area contributed by atoms with E-state index < -0.39 is 17.7 Å². The number of aliphatic carboxylic acids is 1. The van der Waals surface area contributed by atoms with Crippen LogP contribution in [0, 0.1) is 5.92 Å². The summed E-state index contributed by atoms with van der Waals surface area (Å²) in [6.45, 7) is 0. The second-order valence-corrected chi connectivity index (χ2v) is 3.39. The van der Waals surface area contributed by atoms with Crippen LogP contribution in [0.3, 0.4) is 0 Å². The molecular weight excluding hydrogens is 194 g/mol. The number of carboxylic acids is 1. The molecule has 1 atom stereocenters. The summed E-state index contributed by atoms with van der Waals surface area (Å²) in [5, 5.41) is 8.80. The Hall–Kier alpha value is -2.10. The van der Waals surface area contributed by atoms with Gasteiger partial charge in [0, 0.05) is 11.3 Å². The maximum Gasteiger partial charge on any atom is 0.318 e. The fourth-order valence-electron chi connectivity index (χ4n) is 1.58. The number of carboxylic acid groups (broad SMARTS) is 1. The lowest BCUT2D eigenvalue weighted by atomic mass is 9.88. The summed E-state index contributed by atoms with van der Waals surface area (Å²) in [7, 11) is 0. The summed E-state index contributed by atoms with van der Waals surface area (Å²) >= 11 is 0. The number of carbonyl (C=O) groups excluding carboxylic acids is 1. The normalized spacial score (nSPS) is 18.7. The van der Waals surface area contributed by atoms with E-state index in [1.54, 1.807) is 18.2 Å². The van der Waals surface area contributed by atoms with Crippen molar-refractivity contribution < 1.29 is 14.7 Å². The molecule has 0 heterocycles. The average molecular weight is 203 g/mol. The van der Waals surface area contributed by atoms with E-state index in [4.69, 9.17) is 10.8 Å². The molecule has 1 aliphatic carbocycles. The number of hydrogen-bond acceptors (Lipinski definition) is 3. The zero-order valence-corrected chi connectivity index (χ0v) is 7.81. The van der Waals surface area contributed by atoms with E-state index in [9.17, 15) is 9.59 Å². The first-order chi connectivity index (χ1) is 7.09. The number of ketones is 1. The highest BCUT2D eigenvalue weighted by Gasteiger charge is 2.28. The van der Waals surface area contributed by atoms with Crippen molar-refractivity contribution in [3.05, 3.63) is 35.4 Å². The summed E-state index contributed by atoms with van der Waals surface area (Å²) in [5.41, 5.74) is 7.10. The number of hydrogen-bond donors (Lipinski definition) is 2. The van der Waals surface area contributed by atoms with Gasteiger partial charge in [-0.1, -0.05) is 18.2 Å². The highest BCUT2D eigenvalue weighted by atomic mass is 16.4. The van der Waals surface area contributed by atoms with Gasteiger partial charge in [0.1, 0.15) is 5.92 Å². The topological polar surface area (TPSA) is 80.4 Å². The molecule has 4 nitrogen and oxygen atoms in total. The molecule has 0 aliphatic heterocycles. The lowest BCUT2D eigenvalue weighted by Gasteiger charge is -2.14. The monoisotopic (exact) mass is 203 g/mol. The van der Waals surface area contributed by atoms with Crippen LogP contribution < -0.4 is 5.73 Å². The minimum atomic E-state index is -1.13. The van der Waals surface area contributed by atoms with E-state index in [-0.39, 0.29) is 0 Å². The Balaban J connectivity index is 2.53. The summed E-state index contributed by atoms with van der Waals surface area (Å²) in [6.07, 6.45) is 3.03. The number of carbonyl (C=O) groups is 2. The van der Waals surface area contributed by atoms with Crippen molar-refractivity contribution in [2.45, 2.75) is 0 Å². The van der Waals surface area contributed by atoms with Crippen molar-refractivity contribution in [3.8, 4) is 0 Å². The first-order valence-corrected chi connectivity index (χ1v) is 4.44. The Bertz CT molecular complexity index is 477. The molecule has 1 aliphatic rings. The van der Waals surface area contributed by atoms with Crippen LogP contribution in [-0.2, 0) is 4.79 Å². The van der Waals surface area contributed by atoms with E-state index in [0.717, 1.165) is 0 Å². The molecule has 76 valence electrons. The van der Waals surface area contributed by atoms with E-state index in [2.05, 4.69) is 0 Å². The van der Waals surface area contributed by atoms with Gasteiger partial charge in [0.15, 0.2) is 5.78 Å². The van der Waals surface area contributed by atoms with E-state index in [1.807, 2.05) is 0 Å². The van der Waals surface area contributed by atoms with Gasteiger partial charge in [-0.25, -0.2) is 0 Å². The van der Waals surface area contributed by atoms with Crippen LogP contribution in [0.1, 0.15) is 15.9 Å². The van der Waals surface area contributed by atoms with E-state index in [1.165, 1.54) is 12.1 Å². The van der Waals surface area contributed by atoms with Crippen molar-refractivity contribution >= 4 is 23.5 Å². The SMILES string of the molecule is Nc1ccc2c(c1)C(=O)C(C(=O)O)C=C2. The standard InChI is InChI=1S/C11H9NO3/c12-7-3-1-6-2-4-8(11(14)15)10(13)9(6)5-7/h1-5,8H,12H2,(H,14,15). The number of nitrogen functional groups attached to an aromatic ring is 1. The van der Waals surface area contributed by atoms with Crippen LogP contribution in [0.4, 0.5) is 5.69 Å². The van der Waals surface area contributed by atoms with Crippen LogP contribution in [0.15, 0.2) is 24.3 Å². The van der Waals surface area contributed by atoms with Crippen molar-refractivity contribution in [1.82, 2.24) is 0 Å². The molecule has 0 radical (unpaired) electrons. The lowest BCUT2D eigenvalue weighted by molar-refractivity contribution is -0.138. The third kappa shape index (κ3) is 1.50. The van der Waals surface area contributed by atoms with Crippen molar-refractivity contribution in [3.63, 3.8) is 0 Å². The molecule has 1 aromatic carbocycles. The van der Waals surface area contributed by atoms with Crippen LogP contribution >= 0.6 is 0 Å². The Morgan fingerprint density at radius 1 is 1.40 bits per heavy atom. The molecule has 1 unspecified atom stereocenters. The molecule has 0 aromatic heterocycles. The quantitative estimate of drug-likeness (QED) is 0.530. The minimum Gasteiger partial charge on any atom is -0.480 e. The number of nitrogens with two attached hydrogens (primary N) is 1. The minimum absolute atomic E-state index is 0.380. The van der Waals surface area contributed by atoms with Gasteiger partial charge in [-0.05, 0) is 17.7 Å². The van der Waals surface area contributed by atoms with Gasteiger partial charge in [-0.15, -0.1) is 0 Å². The number of fused-ring (bicyclic) bond motifs is 1. The third-order valence-corrected chi connectivity index (χ3v) is 2.36. The van der Waals surface area contributed by atoms with Crippen LogP contribution in [0.2, 0.25) is 0 Å². The van der Waals surface area contributed by atoms with Gasteiger partial charge in [0.2, 0.25) is 0 Å². The molecule has 2 rings (SSSR count). The number of anilines is 1. The molecule has 0 saturated heterocycles. The zero-order chi connectivity index (χ0) is 11.0. The second-order valence-electron chi connectivity index (χ2n) is 3.39. The van der Waals surface area contributed by atoms with Gasteiger partial charge in [-0.2, -0.15) is 0 Å². The first kappa shape index (κ1) is 9.45. The van der Waals surface area contributed by atoms with Gasteiger partial charge in [0.25, 0.3) is 0 Å². The van der Waals surface area contributed by atoms with Crippen LogP contribution in [0.5, 0.6) is 0 Å². The molecule has 0 spiro atoms. The molecule has 0 amide bonds. The summed E-state index contributed by atoms with van der Waals surface area (Å²) in [4.78, 5) is 22.5. The largest absolute Gasteiger partial charge is 0.480 e. The second kappa shape index (κ2) is 3.24. The van der Waals surface area contributed by atoms with Gasteiger partial charge >= 0.3 is 5.97 Å². The first-order valence-electron chi connectivity index (χ1n) is 4.44. The Morgan fingerprint density at radius 2 is 2.13 bits per heavy atom.